The zero-order valence-corrected chi connectivity index (χ0v) is 20.4. The molecule has 0 radical (unpaired) electrons. The summed E-state index contributed by atoms with van der Waals surface area (Å²) in [5.41, 5.74) is 8.88. The third-order valence-corrected chi connectivity index (χ3v) is 6.62. The zero-order chi connectivity index (χ0) is 24.9. The maximum atomic E-state index is 13.2. The van der Waals surface area contributed by atoms with E-state index < -0.39 is 0 Å². The zero-order valence-electron chi connectivity index (χ0n) is 20.4. The van der Waals surface area contributed by atoms with Crippen LogP contribution in [-0.2, 0) is 11.2 Å². The number of aromatic nitrogens is 2. The van der Waals surface area contributed by atoms with E-state index in [0.717, 1.165) is 42.3 Å². The van der Waals surface area contributed by atoms with Gasteiger partial charge in [-0.15, -0.1) is 0 Å². The number of nitrogens with two attached hydrogens (primary N) is 1. The van der Waals surface area contributed by atoms with Crippen LogP contribution in [0.1, 0.15) is 18.4 Å². The van der Waals surface area contributed by atoms with Gasteiger partial charge >= 0.3 is 0 Å². The van der Waals surface area contributed by atoms with E-state index in [-0.39, 0.29) is 17.8 Å². The van der Waals surface area contributed by atoms with Crippen LogP contribution in [0.2, 0.25) is 0 Å². The third kappa shape index (κ3) is 5.52. The molecule has 1 fully saturated rings. The average molecular weight is 490 g/mol. The number of rotatable bonds is 8. The largest absolute Gasteiger partial charge is 0.497 e. The lowest BCUT2D eigenvalue weighted by Gasteiger charge is -2.25. The number of anilines is 2. The van der Waals surface area contributed by atoms with E-state index in [2.05, 4.69) is 20.2 Å². The van der Waals surface area contributed by atoms with Crippen molar-refractivity contribution in [2.24, 2.45) is 5.92 Å². The third-order valence-electron chi connectivity index (χ3n) is 6.62. The van der Waals surface area contributed by atoms with Gasteiger partial charge in [-0.1, -0.05) is 6.07 Å². The molecule has 5 rings (SSSR count). The molecular weight excluding hydrogens is 458 g/mol. The highest BCUT2D eigenvalue weighted by molar-refractivity contribution is 5.95. The number of nitrogen functional groups attached to an aromatic ring is 1. The molecule has 3 N–H and O–H groups in total. The smallest absolute Gasteiger partial charge is 0.231 e. The van der Waals surface area contributed by atoms with Crippen LogP contribution in [0, 0.1) is 5.92 Å². The Morgan fingerprint density at radius 2 is 2.06 bits per heavy atom. The summed E-state index contributed by atoms with van der Waals surface area (Å²) >= 11 is 0. The van der Waals surface area contributed by atoms with Crippen molar-refractivity contribution in [1.29, 1.82) is 0 Å². The molecule has 0 bridgehead atoms. The number of hydrogen-bond donors (Lipinski definition) is 2. The molecule has 1 atom stereocenters. The van der Waals surface area contributed by atoms with E-state index in [0.29, 0.717) is 36.8 Å². The Morgan fingerprint density at radius 1 is 1.19 bits per heavy atom. The summed E-state index contributed by atoms with van der Waals surface area (Å²) in [7, 11) is 1.63. The fourth-order valence-corrected chi connectivity index (χ4v) is 4.63. The Kier molecular flexibility index (Phi) is 7.18. The maximum absolute atomic E-state index is 13.2. The molecule has 1 unspecified atom stereocenters. The summed E-state index contributed by atoms with van der Waals surface area (Å²) in [4.78, 5) is 23.9. The normalized spacial score (nSPS) is 17.2. The molecule has 3 heterocycles. The van der Waals surface area contributed by atoms with Crippen molar-refractivity contribution in [3.63, 3.8) is 0 Å². The number of carbonyl (C=O) groups excluding carboxylic acids is 1. The second-order valence-corrected chi connectivity index (χ2v) is 9.08. The molecule has 3 aromatic rings. The number of benzene rings is 2. The Morgan fingerprint density at radius 3 is 2.86 bits per heavy atom. The van der Waals surface area contributed by atoms with E-state index >= 15 is 0 Å². The van der Waals surface area contributed by atoms with E-state index in [4.69, 9.17) is 19.9 Å². The van der Waals surface area contributed by atoms with Crippen LogP contribution in [0.4, 0.5) is 11.6 Å². The van der Waals surface area contributed by atoms with Gasteiger partial charge in [0.2, 0.25) is 11.9 Å². The minimum atomic E-state index is -0.330. The van der Waals surface area contributed by atoms with Gasteiger partial charge < -0.3 is 25.3 Å². The Balaban J connectivity index is 1.33. The molecule has 0 saturated carbocycles. The highest BCUT2D eigenvalue weighted by Crippen LogP contribution is 2.34. The van der Waals surface area contributed by atoms with Crippen LogP contribution in [0.5, 0.6) is 17.2 Å². The lowest BCUT2D eigenvalue weighted by Crippen LogP contribution is -2.32. The Hall–Kier alpha value is -3.85. The van der Waals surface area contributed by atoms with Crippen molar-refractivity contribution in [2.75, 3.05) is 51.0 Å². The van der Waals surface area contributed by atoms with Crippen molar-refractivity contribution >= 4 is 17.5 Å². The fourth-order valence-electron chi connectivity index (χ4n) is 4.63. The number of nitrogens with one attached hydrogen (secondary N) is 1. The van der Waals surface area contributed by atoms with Crippen molar-refractivity contribution in [1.82, 2.24) is 14.9 Å². The monoisotopic (exact) mass is 489 g/mol. The molecule has 188 valence electrons. The highest BCUT2D eigenvalue weighted by atomic mass is 16.5. The molecule has 1 aromatic heterocycles. The van der Waals surface area contributed by atoms with E-state index in [1.165, 1.54) is 12.8 Å². The molecular formula is C27H31N5O4. The number of carbonyl (C=O) groups is 1. The standard InChI is InChI=1S/C27H31N5O4/c1-34-21-5-7-24-19(15-21)14-20(17-36-24)26(33)30-23-6-4-18(22-8-9-29-27(28)31-22)16-25(23)35-13-12-32-10-2-3-11-32/h4-9,15-16,20H,2-3,10-14,17H2,1H3,(H,30,33)(H2,28,29,31). The number of likely N-dealkylation sites (tertiary alicyclic amines) is 1. The summed E-state index contributed by atoms with van der Waals surface area (Å²) < 4.78 is 17.4. The second kappa shape index (κ2) is 10.8. The number of amides is 1. The van der Waals surface area contributed by atoms with Crippen LogP contribution in [0.3, 0.4) is 0 Å². The minimum absolute atomic E-state index is 0.119. The molecule has 0 spiro atoms. The van der Waals surface area contributed by atoms with Gasteiger partial charge in [0.25, 0.3) is 0 Å². The van der Waals surface area contributed by atoms with Crippen molar-refractivity contribution in [3.8, 4) is 28.5 Å². The second-order valence-electron chi connectivity index (χ2n) is 9.08. The molecule has 2 aliphatic heterocycles. The highest BCUT2D eigenvalue weighted by Gasteiger charge is 2.27. The summed E-state index contributed by atoms with van der Waals surface area (Å²) in [6, 6.07) is 13.1. The summed E-state index contributed by atoms with van der Waals surface area (Å²) in [5, 5.41) is 3.06. The van der Waals surface area contributed by atoms with Gasteiger partial charge in [0.15, 0.2) is 0 Å². The van der Waals surface area contributed by atoms with E-state index in [1.807, 2.05) is 36.4 Å². The number of methoxy groups -OCH3 is 1. The summed E-state index contributed by atoms with van der Waals surface area (Å²) in [6.45, 7) is 3.88. The molecule has 9 nitrogen and oxygen atoms in total. The lowest BCUT2D eigenvalue weighted by molar-refractivity contribution is -0.121. The minimum Gasteiger partial charge on any atom is -0.497 e. The number of nitrogens with zero attached hydrogens (tertiary/aromatic N) is 3. The predicted molar refractivity (Wildman–Crippen MR) is 137 cm³/mol. The molecule has 1 saturated heterocycles. The lowest BCUT2D eigenvalue weighted by atomic mass is 9.95. The van der Waals surface area contributed by atoms with Gasteiger partial charge in [0, 0.05) is 18.3 Å². The van der Waals surface area contributed by atoms with Gasteiger partial charge in [0.05, 0.1) is 24.4 Å². The average Bonchev–Trinajstić information content (AvgIpc) is 3.42. The number of ether oxygens (including phenoxy) is 3. The van der Waals surface area contributed by atoms with Crippen LogP contribution < -0.4 is 25.3 Å². The quantitative estimate of drug-likeness (QED) is 0.495. The first-order valence-electron chi connectivity index (χ1n) is 12.3. The van der Waals surface area contributed by atoms with Gasteiger partial charge in [0.1, 0.15) is 30.5 Å². The Labute approximate surface area is 210 Å². The van der Waals surface area contributed by atoms with E-state index in [9.17, 15) is 4.79 Å². The van der Waals surface area contributed by atoms with Gasteiger partial charge in [-0.05, 0) is 74.3 Å². The SMILES string of the molecule is COc1ccc2c(c1)CC(C(=O)Nc1ccc(-c3ccnc(N)n3)cc1OCCN1CCCC1)CO2. The number of fused-ring (bicyclic) bond motifs is 1. The van der Waals surface area contributed by atoms with Gasteiger partial charge in [-0.2, -0.15) is 0 Å². The molecule has 36 heavy (non-hydrogen) atoms. The van der Waals surface area contributed by atoms with Gasteiger partial charge in [-0.3, -0.25) is 9.69 Å². The fraction of sp³-hybridized carbons (Fsp3) is 0.370. The first-order chi connectivity index (χ1) is 17.6. The molecule has 9 heteroatoms. The van der Waals surface area contributed by atoms with Gasteiger partial charge in [-0.25, -0.2) is 9.97 Å². The Bertz CT molecular complexity index is 1230. The van der Waals surface area contributed by atoms with Crippen molar-refractivity contribution < 1.29 is 19.0 Å². The number of hydrogen-bond acceptors (Lipinski definition) is 8. The van der Waals surface area contributed by atoms with E-state index in [1.54, 1.807) is 19.4 Å². The molecule has 2 aliphatic rings. The first kappa shape index (κ1) is 23.9. The molecule has 2 aromatic carbocycles. The van der Waals surface area contributed by atoms with Crippen LogP contribution in [0.15, 0.2) is 48.7 Å². The molecule has 1 amide bonds. The van der Waals surface area contributed by atoms with Crippen molar-refractivity contribution in [3.05, 3.63) is 54.2 Å². The van der Waals surface area contributed by atoms with Crippen LogP contribution in [0.25, 0.3) is 11.3 Å². The van der Waals surface area contributed by atoms with Crippen molar-refractivity contribution in [2.45, 2.75) is 19.3 Å². The predicted octanol–water partition coefficient (Wildman–Crippen LogP) is 3.40. The van der Waals surface area contributed by atoms with Crippen LogP contribution >= 0.6 is 0 Å². The first-order valence-corrected chi connectivity index (χ1v) is 12.3. The summed E-state index contributed by atoms with van der Waals surface area (Å²) in [5.74, 6) is 1.88. The molecule has 0 aliphatic carbocycles. The summed E-state index contributed by atoms with van der Waals surface area (Å²) in [6.07, 6.45) is 4.65. The van der Waals surface area contributed by atoms with Crippen LogP contribution in [-0.4, -0.2) is 60.7 Å². The topological polar surface area (TPSA) is 112 Å². The maximum Gasteiger partial charge on any atom is 0.231 e.